The molecule has 1 amide bonds. The molecule has 1 heterocycles. The first kappa shape index (κ1) is 15.6. The third-order valence-electron chi connectivity index (χ3n) is 4.94. The van der Waals surface area contributed by atoms with Crippen LogP contribution in [0.4, 0.5) is 0 Å². The van der Waals surface area contributed by atoms with Crippen molar-refractivity contribution in [1.82, 2.24) is 15.3 Å². The Labute approximate surface area is 136 Å². The van der Waals surface area contributed by atoms with E-state index in [0.717, 1.165) is 29.8 Å². The molecule has 1 fully saturated rings. The summed E-state index contributed by atoms with van der Waals surface area (Å²) in [4.78, 5) is 19.9. The maximum Gasteiger partial charge on any atom is 0.231 e. The van der Waals surface area contributed by atoms with Crippen molar-refractivity contribution in [3.63, 3.8) is 0 Å². The van der Waals surface area contributed by atoms with Gasteiger partial charge in [-0.15, -0.1) is 0 Å². The molecule has 5 heteroatoms. The number of benzene rings is 1. The minimum absolute atomic E-state index is 0.0281. The largest absolute Gasteiger partial charge is 0.497 e. The van der Waals surface area contributed by atoms with Crippen molar-refractivity contribution in [1.29, 1.82) is 0 Å². The number of hydrogen-bond donors (Lipinski definition) is 2. The molecule has 0 bridgehead atoms. The fourth-order valence-corrected chi connectivity index (χ4v) is 3.39. The lowest BCUT2D eigenvalue weighted by atomic mass is 9.87. The van der Waals surface area contributed by atoms with Gasteiger partial charge in [0.15, 0.2) is 0 Å². The van der Waals surface area contributed by atoms with Crippen LogP contribution in [0.25, 0.3) is 0 Å². The number of ether oxygens (including phenoxy) is 1. The number of imidazole rings is 1. The number of carbonyl (C=O) groups is 1. The van der Waals surface area contributed by atoms with Crippen molar-refractivity contribution < 1.29 is 9.53 Å². The number of aromatic nitrogens is 2. The maximum absolute atomic E-state index is 12.9. The van der Waals surface area contributed by atoms with E-state index < -0.39 is 5.41 Å². The number of rotatable bonds is 6. The molecule has 1 saturated carbocycles. The second kappa shape index (κ2) is 5.72. The van der Waals surface area contributed by atoms with Gasteiger partial charge in [0.05, 0.1) is 18.9 Å². The molecule has 0 aliphatic heterocycles. The van der Waals surface area contributed by atoms with E-state index in [4.69, 9.17) is 4.74 Å². The van der Waals surface area contributed by atoms with Crippen LogP contribution in [0.2, 0.25) is 0 Å². The van der Waals surface area contributed by atoms with E-state index in [2.05, 4.69) is 29.1 Å². The van der Waals surface area contributed by atoms with Gasteiger partial charge in [-0.25, -0.2) is 4.98 Å². The smallest absolute Gasteiger partial charge is 0.231 e. The highest BCUT2D eigenvalue weighted by atomic mass is 16.5. The van der Waals surface area contributed by atoms with E-state index in [0.29, 0.717) is 6.54 Å². The molecule has 23 heavy (non-hydrogen) atoms. The minimum Gasteiger partial charge on any atom is -0.497 e. The molecule has 5 nitrogen and oxygen atoms in total. The summed E-state index contributed by atoms with van der Waals surface area (Å²) in [6.45, 7) is 4.90. The monoisotopic (exact) mass is 313 g/mol. The molecule has 1 unspecified atom stereocenters. The molecule has 2 N–H and O–H groups in total. The van der Waals surface area contributed by atoms with E-state index in [1.54, 1.807) is 19.6 Å². The predicted octanol–water partition coefficient (Wildman–Crippen LogP) is 2.44. The second-order valence-electron chi connectivity index (χ2n) is 6.78. The first-order valence-electron chi connectivity index (χ1n) is 7.90. The van der Waals surface area contributed by atoms with E-state index in [-0.39, 0.29) is 11.3 Å². The summed E-state index contributed by atoms with van der Waals surface area (Å²) < 4.78 is 5.21. The summed E-state index contributed by atoms with van der Waals surface area (Å²) in [5, 5.41) is 3.09. The predicted molar refractivity (Wildman–Crippen MR) is 88.4 cm³/mol. The third-order valence-corrected chi connectivity index (χ3v) is 4.94. The van der Waals surface area contributed by atoms with E-state index in [9.17, 15) is 4.79 Å². The number of nitrogens with one attached hydrogen (secondary N) is 2. The van der Waals surface area contributed by atoms with Crippen LogP contribution in [-0.2, 0) is 16.6 Å². The zero-order valence-corrected chi connectivity index (χ0v) is 13.8. The molecule has 122 valence electrons. The van der Waals surface area contributed by atoms with E-state index in [1.807, 2.05) is 24.3 Å². The van der Waals surface area contributed by atoms with Crippen molar-refractivity contribution in [2.45, 2.75) is 32.1 Å². The molecule has 1 aliphatic carbocycles. The van der Waals surface area contributed by atoms with Gasteiger partial charge in [-0.3, -0.25) is 4.79 Å². The van der Waals surface area contributed by atoms with Crippen LogP contribution in [0.1, 0.15) is 31.5 Å². The number of methoxy groups -OCH3 is 1. The van der Waals surface area contributed by atoms with Crippen LogP contribution in [-0.4, -0.2) is 29.5 Å². The number of nitrogens with zero attached hydrogens (tertiary/aromatic N) is 1. The number of aromatic amines is 1. The second-order valence-corrected chi connectivity index (χ2v) is 6.78. The molecule has 1 aromatic heterocycles. The Hall–Kier alpha value is -2.30. The Morgan fingerprint density at radius 1 is 1.35 bits per heavy atom. The molecule has 0 radical (unpaired) electrons. The van der Waals surface area contributed by atoms with Crippen LogP contribution in [0, 0.1) is 5.41 Å². The Balaban J connectivity index is 1.71. The van der Waals surface area contributed by atoms with Crippen molar-refractivity contribution in [2.75, 3.05) is 13.7 Å². The highest BCUT2D eigenvalue weighted by Crippen LogP contribution is 2.64. The summed E-state index contributed by atoms with van der Waals surface area (Å²) in [7, 11) is 1.65. The van der Waals surface area contributed by atoms with Gasteiger partial charge in [-0.2, -0.15) is 0 Å². The summed E-state index contributed by atoms with van der Waals surface area (Å²) in [6, 6.07) is 7.84. The topological polar surface area (TPSA) is 67.0 Å². The summed E-state index contributed by atoms with van der Waals surface area (Å²) in [5.41, 5.74) is 1.62. The zero-order chi connectivity index (χ0) is 16.5. The molecule has 3 rings (SSSR count). The van der Waals surface area contributed by atoms with Crippen LogP contribution in [0.3, 0.4) is 0 Å². The van der Waals surface area contributed by atoms with Crippen molar-refractivity contribution in [2.24, 2.45) is 5.41 Å². The van der Waals surface area contributed by atoms with Crippen molar-refractivity contribution in [3.05, 3.63) is 48.0 Å². The normalized spacial score (nSPS) is 21.7. The zero-order valence-electron chi connectivity index (χ0n) is 13.8. The van der Waals surface area contributed by atoms with Gasteiger partial charge in [-0.1, -0.05) is 26.0 Å². The van der Waals surface area contributed by atoms with Crippen LogP contribution in [0.5, 0.6) is 5.75 Å². The highest BCUT2D eigenvalue weighted by molar-refractivity contribution is 5.93. The van der Waals surface area contributed by atoms with Gasteiger partial charge in [0.25, 0.3) is 0 Å². The quantitative estimate of drug-likeness (QED) is 0.861. The molecular formula is C18H23N3O2. The summed E-state index contributed by atoms with van der Waals surface area (Å²) in [6.07, 6.45) is 5.06. The average molecular weight is 313 g/mol. The van der Waals surface area contributed by atoms with Crippen LogP contribution >= 0.6 is 0 Å². The van der Waals surface area contributed by atoms with Gasteiger partial charge in [-0.05, 0) is 29.5 Å². The Morgan fingerprint density at radius 3 is 2.57 bits per heavy atom. The van der Waals surface area contributed by atoms with Crippen LogP contribution in [0.15, 0.2) is 36.8 Å². The first-order valence-corrected chi connectivity index (χ1v) is 7.90. The highest BCUT2D eigenvalue weighted by Gasteiger charge is 2.66. The molecule has 0 spiro atoms. The van der Waals surface area contributed by atoms with Crippen molar-refractivity contribution >= 4 is 5.91 Å². The molecule has 1 aromatic carbocycles. The standard InChI is InChI=1S/C18H23N3O2/c1-17(2)11-18(17,13-4-6-15(23-3)7-5-13)16(22)20-9-8-14-10-19-12-21-14/h4-7,10,12H,8-9,11H2,1-3H3,(H,19,21)(H,20,22). The number of amides is 1. The van der Waals surface area contributed by atoms with E-state index >= 15 is 0 Å². The van der Waals surface area contributed by atoms with Crippen molar-refractivity contribution in [3.8, 4) is 5.75 Å². The lowest BCUT2D eigenvalue weighted by Crippen LogP contribution is -2.38. The van der Waals surface area contributed by atoms with E-state index in [1.165, 1.54) is 0 Å². The van der Waals surface area contributed by atoms with Gasteiger partial charge < -0.3 is 15.0 Å². The summed E-state index contributed by atoms with van der Waals surface area (Å²) in [5.74, 6) is 0.911. The molecule has 2 aromatic rings. The molecule has 1 atom stereocenters. The van der Waals surface area contributed by atoms with Gasteiger partial charge in [0.2, 0.25) is 5.91 Å². The SMILES string of the molecule is COc1ccc(C2(C(=O)NCCc3cnc[nH]3)CC2(C)C)cc1. The van der Waals surface area contributed by atoms with Gasteiger partial charge in [0.1, 0.15) is 5.75 Å². The summed E-state index contributed by atoms with van der Waals surface area (Å²) >= 11 is 0. The van der Waals surface area contributed by atoms with Crippen LogP contribution < -0.4 is 10.1 Å². The molecular weight excluding hydrogens is 290 g/mol. The molecule has 1 aliphatic rings. The minimum atomic E-state index is -0.437. The lowest BCUT2D eigenvalue weighted by Gasteiger charge is -2.21. The Morgan fingerprint density at radius 2 is 2.04 bits per heavy atom. The fourth-order valence-electron chi connectivity index (χ4n) is 3.39. The Bertz CT molecular complexity index is 677. The number of carbonyl (C=O) groups excluding carboxylic acids is 1. The Kier molecular flexibility index (Phi) is 3.88. The van der Waals surface area contributed by atoms with Gasteiger partial charge >= 0.3 is 0 Å². The lowest BCUT2D eigenvalue weighted by molar-refractivity contribution is -0.124. The molecule has 0 saturated heterocycles. The maximum atomic E-state index is 12.9. The average Bonchev–Trinajstić information content (AvgIpc) is 2.89. The fraction of sp³-hybridized carbons (Fsp3) is 0.444. The number of hydrogen-bond acceptors (Lipinski definition) is 3. The van der Waals surface area contributed by atoms with Gasteiger partial charge in [0, 0.05) is 24.9 Å². The first-order chi connectivity index (χ1) is 11.0. The number of H-pyrrole nitrogens is 1. The third kappa shape index (κ3) is 2.71.